The monoisotopic (exact) mass is 266 g/mol. The first-order valence-electron chi connectivity index (χ1n) is 5.71. The van der Waals surface area contributed by atoms with Gasteiger partial charge in [-0.2, -0.15) is 0 Å². The van der Waals surface area contributed by atoms with Gasteiger partial charge in [0, 0.05) is 31.1 Å². The lowest BCUT2D eigenvalue weighted by molar-refractivity contribution is -0.124. The van der Waals surface area contributed by atoms with E-state index < -0.39 is 0 Å². The highest BCUT2D eigenvalue weighted by molar-refractivity contribution is 7.80. The summed E-state index contributed by atoms with van der Waals surface area (Å²) in [6, 6.07) is 7.05. The molecule has 0 spiro atoms. The molecule has 1 rings (SSSR count). The Hall–Kier alpha value is -1.49. The number of hydrogen-bond donors (Lipinski definition) is 2. The summed E-state index contributed by atoms with van der Waals surface area (Å²) in [5.41, 5.74) is 0.578. The summed E-state index contributed by atoms with van der Waals surface area (Å²) in [4.78, 5) is 25.8. The molecular formula is C13H18N2O2S. The summed E-state index contributed by atoms with van der Waals surface area (Å²) < 4.78 is 0. The fourth-order valence-corrected chi connectivity index (χ4v) is 1.91. The maximum absolute atomic E-state index is 12.1. The van der Waals surface area contributed by atoms with Crippen molar-refractivity contribution in [1.82, 2.24) is 10.2 Å². The first-order chi connectivity index (χ1) is 8.45. The van der Waals surface area contributed by atoms with Crippen LogP contribution in [0.5, 0.6) is 0 Å². The Morgan fingerprint density at radius 2 is 2.11 bits per heavy atom. The predicted molar refractivity (Wildman–Crippen MR) is 73.9 cm³/mol. The molecule has 1 N–H and O–H groups in total. The number of carbonyl (C=O) groups excluding carboxylic acids is 2. The lowest BCUT2D eigenvalue weighted by Gasteiger charge is -2.20. The quantitative estimate of drug-likeness (QED) is 0.810. The van der Waals surface area contributed by atoms with Crippen molar-refractivity contribution in [1.29, 1.82) is 0 Å². The van der Waals surface area contributed by atoms with Gasteiger partial charge in [0.1, 0.15) is 0 Å². The van der Waals surface area contributed by atoms with Gasteiger partial charge in [-0.3, -0.25) is 9.59 Å². The van der Waals surface area contributed by atoms with Crippen LogP contribution in [0.15, 0.2) is 29.2 Å². The minimum Gasteiger partial charge on any atom is -0.359 e. The molecule has 0 aliphatic heterocycles. The second-order valence-corrected chi connectivity index (χ2v) is 4.77. The SMILES string of the molecule is CNC(=O)C(C)CN(C)C(=O)c1cccc(S)c1. The van der Waals surface area contributed by atoms with Crippen LogP contribution in [0.4, 0.5) is 0 Å². The van der Waals surface area contributed by atoms with Gasteiger partial charge in [0.2, 0.25) is 5.91 Å². The van der Waals surface area contributed by atoms with Gasteiger partial charge in [0.15, 0.2) is 0 Å². The third-order valence-corrected chi connectivity index (χ3v) is 2.96. The molecular weight excluding hydrogens is 248 g/mol. The van der Waals surface area contributed by atoms with Crippen molar-refractivity contribution in [3.8, 4) is 0 Å². The average molecular weight is 266 g/mol. The van der Waals surface area contributed by atoms with Crippen LogP contribution in [0.2, 0.25) is 0 Å². The van der Waals surface area contributed by atoms with Crippen LogP contribution >= 0.6 is 12.6 Å². The molecule has 98 valence electrons. The Labute approximate surface area is 113 Å². The van der Waals surface area contributed by atoms with Gasteiger partial charge in [-0.05, 0) is 18.2 Å². The number of carbonyl (C=O) groups is 2. The molecule has 5 heteroatoms. The Balaban J connectivity index is 2.70. The van der Waals surface area contributed by atoms with E-state index in [1.807, 2.05) is 6.07 Å². The van der Waals surface area contributed by atoms with Gasteiger partial charge in [0.05, 0.1) is 5.92 Å². The minimum atomic E-state index is -0.233. The van der Waals surface area contributed by atoms with E-state index in [0.29, 0.717) is 12.1 Å². The van der Waals surface area contributed by atoms with E-state index in [1.165, 1.54) is 0 Å². The van der Waals surface area contributed by atoms with Crippen LogP contribution in [-0.4, -0.2) is 37.4 Å². The highest BCUT2D eigenvalue weighted by Gasteiger charge is 2.18. The second kappa shape index (κ2) is 6.44. The molecule has 1 aromatic carbocycles. The molecule has 0 bridgehead atoms. The van der Waals surface area contributed by atoms with E-state index >= 15 is 0 Å². The summed E-state index contributed by atoms with van der Waals surface area (Å²) in [5, 5.41) is 2.57. The molecule has 0 fully saturated rings. The number of nitrogens with zero attached hydrogens (tertiary/aromatic N) is 1. The first-order valence-corrected chi connectivity index (χ1v) is 6.16. The van der Waals surface area contributed by atoms with Gasteiger partial charge in [-0.1, -0.05) is 13.0 Å². The molecule has 0 aliphatic rings. The van der Waals surface area contributed by atoms with Crippen LogP contribution in [-0.2, 0) is 4.79 Å². The molecule has 0 radical (unpaired) electrons. The van der Waals surface area contributed by atoms with Crippen LogP contribution in [0.1, 0.15) is 17.3 Å². The van der Waals surface area contributed by atoms with Crippen molar-refractivity contribution < 1.29 is 9.59 Å². The van der Waals surface area contributed by atoms with Gasteiger partial charge >= 0.3 is 0 Å². The van der Waals surface area contributed by atoms with Gasteiger partial charge in [-0.25, -0.2) is 0 Å². The maximum atomic E-state index is 12.1. The van der Waals surface area contributed by atoms with Crippen molar-refractivity contribution in [3.05, 3.63) is 29.8 Å². The molecule has 0 saturated heterocycles. The summed E-state index contributed by atoms with van der Waals surface area (Å²) >= 11 is 4.20. The zero-order valence-electron chi connectivity index (χ0n) is 10.8. The lowest BCUT2D eigenvalue weighted by atomic mass is 10.1. The van der Waals surface area contributed by atoms with Gasteiger partial charge < -0.3 is 10.2 Å². The number of hydrogen-bond acceptors (Lipinski definition) is 3. The molecule has 4 nitrogen and oxygen atoms in total. The van der Waals surface area contributed by atoms with Crippen molar-refractivity contribution in [2.24, 2.45) is 5.92 Å². The predicted octanol–water partition coefficient (Wildman–Crippen LogP) is 1.43. The standard InChI is InChI=1S/C13H18N2O2S/c1-9(12(16)14-2)8-15(3)13(17)10-5-4-6-11(18)7-10/h4-7,9,18H,8H2,1-3H3,(H,14,16). The number of benzene rings is 1. The van der Waals surface area contributed by atoms with Gasteiger partial charge in [0.25, 0.3) is 5.91 Å². The molecule has 18 heavy (non-hydrogen) atoms. The number of thiol groups is 1. The molecule has 2 amide bonds. The second-order valence-electron chi connectivity index (χ2n) is 4.25. The van der Waals surface area contributed by atoms with E-state index in [-0.39, 0.29) is 17.7 Å². The summed E-state index contributed by atoms with van der Waals surface area (Å²) in [6.45, 7) is 2.17. The summed E-state index contributed by atoms with van der Waals surface area (Å²) in [7, 11) is 3.28. The topological polar surface area (TPSA) is 49.4 Å². The first kappa shape index (κ1) is 14.6. The fraction of sp³-hybridized carbons (Fsp3) is 0.385. The highest BCUT2D eigenvalue weighted by Crippen LogP contribution is 2.11. The fourth-order valence-electron chi connectivity index (χ4n) is 1.68. The molecule has 0 heterocycles. The molecule has 0 aliphatic carbocycles. The minimum absolute atomic E-state index is 0.0717. The molecule has 0 aromatic heterocycles. The Kier molecular flexibility index (Phi) is 5.22. The normalized spacial score (nSPS) is 11.8. The van der Waals surface area contributed by atoms with Gasteiger partial charge in [-0.15, -0.1) is 12.6 Å². The van der Waals surface area contributed by atoms with E-state index in [1.54, 1.807) is 44.1 Å². The maximum Gasteiger partial charge on any atom is 0.253 e. The van der Waals surface area contributed by atoms with E-state index in [9.17, 15) is 9.59 Å². The smallest absolute Gasteiger partial charge is 0.253 e. The molecule has 1 aromatic rings. The highest BCUT2D eigenvalue weighted by atomic mass is 32.1. The Morgan fingerprint density at radius 3 is 2.67 bits per heavy atom. The van der Waals surface area contributed by atoms with Crippen molar-refractivity contribution in [3.63, 3.8) is 0 Å². The third-order valence-electron chi connectivity index (χ3n) is 2.68. The van der Waals surface area contributed by atoms with Crippen molar-refractivity contribution >= 4 is 24.4 Å². The van der Waals surface area contributed by atoms with E-state index in [0.717, 1.165) is 4.90 Å². The zero-order chi connectivity index (χ0) is 13.7. The molecule has 1 unspecified atom stereocenters. The largest absolute Gasteiger partial charge is 0.359 e. The number of amides is 2. The molecule has 0 saturated carbocycles. The van der Waals surface area contributed by atoms with Crippen LogP contribution in [0, 0.1) is 5.92 Å². The number of nitrogens with one attached hydrogen (secondary N) is 1. The van der Waals surface area contributed by atoms with Crippen LogP contribution < -0.4 is 5.32 Å². The lowest BCUT2D eigenvalue weighted by Crippen LogP contribution is -2.37. The summed E-state index contributed by atoms with van der Waals surface area (Å²) in [6.07, 6.45) is 0. The zero-order valence-corrected chi connectivity index (χ0v) is 11.7. The van der Waals surface area contributed by atoms with Crippen molar-refractivity contribution in [2.45, 2.75) is 11.8 Å². The average Bonchev–Trinajstić information content (AvgIpc) is 2.36. The van der Waals surface area contributed by atoms with E-state index in [4.69, 9.17) is 0 Å². The van der Waals surface area contributed by atoms with Crippen molar-refractivity contribution in [2.75, 3.05) is 20.6 Å². The summed E-state index contributed by atoms with van der Waals surface area (Å²) in [5.74, 6) is -0.414. The number of rotatable bonds is 4. The molecule has 1 atom stereocenters. The van der Waals surface area contributed by atoms with Crippen LogP contribution in [0.25, 0.3) is 0 Å². The Bertz CT molecular complexity index is 448. The van der Waals surface area contributed by atoms with Crippen LogP contribution in [0.3, 0.4) is 0 Å². The van der Waals surface area contributed by atoms with E-state index in [2.05, 4.69) is 17.9 Å². The third kappa shape index (κ3) is 3.77. The Morgan fingerprint density at radius 1 is 1.44 bits per heavy atom.